The van der Waals surface area contributed by atoms with Crippen LogP contribution < -0.4 is 10.0 Å². The van der Waals surface area contributed by atoms with Crippen LogP contribution in [0.5, 0.6) is 0 Å². The molecular formula is C23H20BrClF3N5O2S. The number of hydrogen-bond donors (Lipinski definition) is 2. The van der Waals surface area contributed by atoms with Gasteiger partial charge in [-0.25, -0.2) is 18.1 Å². The van der Waals surface area contributed by atoms with E-state index in [2.05, 4.69) is 36.1 Å². The number of nitrogens with one attached hydrogen (secondary N) is 2. The van der Waals surface area contributed by atoms with Crippen molar-refractivity contribution >= 4 is 49.0 Å². The van der Waals surface area contributed by atoms with Crippen molar-refractivity contribution in [1.29, 1.82) is 0 Å². The van der Waals surface area contributed by atoms with Gasteiger partial charge in [0.05, 0.1) is 26.8 Å². The summed E-state index contributed by atoms with van der Waals surface area (Å²) in [7, 11) is -4.31. The third-order valence-electron chi connectivity index (χ3n) is 5.26. The van der Waals surface area contributed by atoms with Crippen LogP contribution in [0.15, 0.2) is 70.2 Å². The predicted octanol–water partition coefficient (Wildman–Crippen LogP) is 6.00. The maximum absolute atomic E-state index is 13.2. The van der Waals surface area contributed by atoms with Crippen LogP contribution >= 0.6 is 27.5 Å². The van der Waals surface area contributed by atoms with Gasteiger partial charge in [0.15, 0.2) is 5.65 Å². The molecule has 7 nitrogen and oxygen atoms in total. The van der Waals surface area contributed by atoms with Crippen LogP contribution in [0.4, 0.5) is 19.0 Å². The highest BCUT2D eigenvalue weighted by Gasteiger charge is 2.36. The Balaban J connectivity index is 1.40. The van der Waals surface area contributed by atoms with E-state index in [-0.39, 0.29) is 6.54 Å². The van der Waals surface area contributed by atoms with Gasteiger partial charge in [0.1, 0.15) is 5.82 Å². The summed E-state index contributed by atoms with van der Waals surface area (Å²) < 4.78 is 69.0. The van der Waals surface area contributed by atoms with Crippen molar-refractivity contribution in [2.75, 3.05) is 18.4 Å². The molecule has 0 spiro atoms. The van der Waals surface area contributed by atoms with Crippen LogP contribution in [0.1, 0.15) is 18.4 Å². The van der Waals surface area contributed by atoms with E-state index in [1.165, 1.54) is 6.07 Å². The normalized spacial score (nSPS) is 12.2. The molecule has 0 aliphatic rings. The Morgan fingerprint density at radius 2 is 1.72 bits per heavy atom. The number of rotatable bonds is 9. The molecule has 2 aromatic heterocycles. The van der Waals surface area contributed by atoms with Crippen LogP contribution in [0, 0.1) is 0 Å². The molecule has 4 aromatic rings. The van der Waals surface area contributed by atoms with E-state index in [0.717, 1.165) is 23.8 Å². The maximum atomic E-state index is 13.2. The van der Waals surface area contributed by atoms with Crippen molar-refractivity contribution in [3.8, 4) is 11.3 Å². The molecule has 190 valence electrons. The Hall–Kier alpha value is -2.67. The van der Waals surface area contributed by atoms with Crippen molar-refractivity contribution in [3.63, 3.8) is 0 Å². The molecule has 0 radical (unpaired) electrons. The summed E-state index contributed by atoms with van der Waals surface area (Å²) in [6, 6.07) is 13.2. The van der Waals surface area contributed by atoms with E-state index < -0.39 is 26.7 Å². The molecule has 0 saturated carbocycles. The highest BCUT2D eigenvalue weighted by atomic mass is 79.9. The lowest BCUT2D eigenvalue weighted by Crippen LogP contribution is -2.27. The summed E-state index contributed by atoms with van der Waals surface area (Å²) in [5, 5.41) is 8.12. The fourth-order valence-corrected chi connectivity index (χ4v) is 5.44. The Morgan fingerprint density at radius 1 is 1.03 bits per heavy atom. The second kappa shape index (κ2) is 10.8. The molecule has 0 fully saturated rings. The smallest absolute Gasteiger partial charge is 0.370 e. The Bertz CT molecular complexity index is 1490. The number of nitrogens with zero attached hydrogens (tertiary/aromatic N) is 3. The standard InChI is InChI=1S/C23H20BrClF3N5O2S/c24-17-14-30-33-21(13-19(32-22(17)33)15-7-1-3-9-18(15)25)29-11-5-6-12-31-36(34,35)20-10-4-2-8-16(20)23(26,27)28/h1-4,7-10,13-14,29,31H,5-6,11-12H2. The Kier molecular flexibility index (Phi) is 7.88. The summed E-state index contributed by atoms with van der Waals surface area (Å²) in [5.74, 6) is 0.653. The molecule has 0 aliphatic carbocycles. The topological polar surface area (TPSA) is 88.4 Å². The molecule has 0 amide bonds. The zero-order valence-electron chi connectivity index (χ0n) is 18.6. The van der Waals surface area contributed by atoms with Gasteiger partial charge in [0, 0.05) is 29.7 Å². The zero-order valence-corrected chi connectivity index (χ0v) is 21.7. The SMILES string of the molecule is O=S(=O)(NCCCCNc1cc(-c2ccccc2Cl)nc2c(Br)cnn12)c1ccccc1C(F)(F)F. The number of unbranched alkanes of at least 4 members (excludes halogenated alkanes) is 1. The van der Waals surface area contributed by atoms with Gasteiger partial charge in [-0.15, -0.1) is 0 Å². The number of anilines is 1. The lowest BCUT2D eigenvalue weighted by atomic mass is 10.1. The van der Waals surface area contributed by atoms with Gasteiger partial charge >= 0.3 is 6.18 Å². The van der Waals surface area contributed by atoms with Crippen LogP contribution in [0.3, 0.4) is 0 Å². The third-order valence-corrected chi connectivity index (χ3v) is 7.67. The Labute approximate surface area is 218 Å². The summed E-state index contributed by atoms with van der Waals surface area (Å²) in [6.07, 6.45) is -2.21. The lowest BCUT2D eigenvalue weighted by molar-refractivity contribution is -0.139. The first-order chi connectivity index (χ1) is 17.1. The Morgan fingerprint density at radius 3 is 2.47 bits per heavy atom. The first-order valence-corrected chi connectivity index (χ1v) is 13.4. The highest BCUT2D eigenvalue weighted by Crippen LogP contribution is 2.34. The summed E-state index contributed by atoms with van der Waals surface area (Å²) in [5.41, 5.74) is 0.797. The second-order valence-electron chi connectivity index (χ2n) is 7.76. The van der Waals surface area contributed by atoms with Gasteiger partial charge in [0.2, 0.25) is 10.0 Å². The number of hydrogen-bond acceptors (Lipinski definition) is 5. The minimum absolute atomic E-state index is 0.0137. The molecule has 2 N–H and O–H groups in total. The van der Waals surface area contributed by atoms with Gasteiger partial charge < -0.3 is 5.32 Å². The average molecular weight is 603 g/mol. The van der Waals surface area contributed by atoms with Crippen molar-refractivity contribution in [1.82, 2.24) is 19.3 Å². The van der Waals surface area contributed by atoms with Crippen molar-refractivity contribution < 1.29 is 21.6 Å². The molecule has 0 aliphatic heterocycles. The largest absolute Gasteiger partial charge is 0.417 e. The quantitative estimate of drug-likeness (QED) is 0.230. The molecule has 2 aromatic carbocycles. The van der Waals surface area contributed by atoms with Crippen molar-refractivity contribution in [2.24, 2.45) is 0 Å². The van der Waals surface area contributed by atoms with Gasteiger partial charge in [0.25, 0.3) is 0 Å². The van der Waals surface area contributed by atoms with E-state index in [1.54, 1.807) is 16.8 Å². The molecule has 0 unspecified atom stereocenters. The van der Waals surface area contributed by atoms with Crippen LogP contribution in [-0.4, -0.2) is 36.1 Å². The number of alkyl halides is 3. The molecule has 36 heavy (non-hydrogen) atoms. The monoisotopic (exact) mass is 601 g/mol. The van der Waals surface area contributed by atoms with Crippen molar-refractivity contribution in [3.05, 3.63) is 75.9 Å². The van der Waals surface area contributed by atoms with E-state index in [4.69, 9.17) is 11.6 Å². The number of halogens is 5. The predicted molar refractivity (Wildman–Crippen MR) is 135 cm³/mol. The van der Waals surface area contributed by atoms with E-state index >= 15 is 0 Å². The first kappa shape index (κ1) is 26.4. The van der Waals surface area contributed by atoms with Crippen molar-refractivity contribution in [2.45, 2.75) is 23.9 Å². The van der Waals surface area contributed by atoms with Gasteiger partial charge in [-0.2, -0.15) is 22.8 Å². The molecule has 2 heterocycles. The van der Waals surface area contributed by atoms with Crippen LogP contribution in [-0.2, 0) is 16.2 Å². The molecule has 13 heteroatoms. The number of sulfonamides is 1. The van der Waals surface area contributed by atoms with Gasteiger partial charge in [-0.3, -0.25) is 0 Å². The summed E-state index contributed by atoms with van der Waals surface area (Å²) in [4.78, 5) is 3.85. The molecule has 0 bridgehead atoms. The average Bonchev–Trinajstić information content (AvgIpc) is 3.21. The fourth-order valence-electron chi connectivity index (χ4n) is 3.55. The molecular weight excluding hydrogens is 583 g/mol. The lowest BCUT2D eigenvalue weighted by Gasteiger charge is -2.14. The second-order valence-corrected chi connectivity index (χ2v) is 10.8. The van der Waals surface area contributed by atoms with Gasteiger partial charge in [-0.05, 0) is 47.0 Å². The fraction of sp³-hybridized carbons (Fsp3) is 0.217. The summed E-state index contributed by atoms with van der Waals surface area (Å²) in [6.45, 7) is 0.444. The first-order valence-electron chi connectivity index (χ1n) is 10.8. The minimum atomic E-state index is -4.77. The molecule has 0 saturated heterocycles. The maximum Gasteiger partial charge on any atom is 0.417 e. The number of aromatic nitrogens is 3. The molecule has 4 rings (SSSR count). The van der Waals surface area contributed by atoms with Gasteiger partial charge in [-0.1, -0.05) is 41.9 Å². The van der Waals surface area contributed by atoms with E-state index in [1.807, 2.05) is 24.3 Å². The number of benzene rings is 2. The highest BCUT2D eigenvalue weighted by molar-refractivity contribution is 9.10. The van der Waals surface area contributed by atoms with E-state index in [0.29, 0.717) is 46.0 Å². The zero-order chi connectivity index (χ0) is 25.9. The summed E-state index contributed by atoms with van der Waals surface area (Å²) >= 11 is 9.78. The minimum Gasteiger partial charge on any atom is -0.370 e. The number of fused-ring (bicyclic) bond motifs is 1. The third kappa shape index (κ3) is 5.83. The van der Waals surface area contributed by atoms with Crippen LogP contribution in [0.25, 0.3) is 16.9 Å². The molecule has 0 atom stereocenters. The van der Waals surface area contributed by atoms with Crippen LogP contribution in [0.2, 0.25) is 5.02 Å². The van der Waals surface area contributed by atoms with E-state index in [9.17, 15) is 21.6 Å².